The fraction of sp³-hybridized carbons (Fsp3) is 0.333. The Morgan fingerprint density at radius 1 is 0.842 bits per heavy atom. The van der Waals surface area contributed by atoms with Gasteiger partial charge in [-0.1, -0.05) is 73.7 Å². The Morgan fingerprint density at radius 3 is 1.89 bits per heavy atom. The smallest absolute Gasteiger partial charge is 0.264 e. The van der Waals surface area contributed by atoms with Crippen molar-refractivity contribution in [3.63, 3.8) is 0 Å². The normalized spacial score (nSPS) is 12.4. The lowest BCUT2D eigenvalue weighted by Crippen LogP contribution is -2.56. The summed E-state index contributed by atoms with van der Waals surface area (Å²) < 4.78 is 28.5. The standard InChI is InChI=1S/C30H37N3O4S/c1-5-27(29(35)31-30(2,3)4)32(22-21-24-15-9-6-10-16-24)28(34)23-33(25-17-11-7-12-18-25)38(36,37)26-19-13-8-14-20-26/h6-20,27H,5,21-23H2,1-4H3,(H,31,35)/t27-/m0/s1. The van der Waals surface area contributed by atoms with Crippen LogP contribution in [0.3, 0.4) is 0 Å². The summed E-state index contributed by atoms with van der Waals surface area (Å²) in [6.07, 6.45) is 0.919. The third-order valence-electron chi connectivity index (χ3n) is 6.02. The molecule has 0 spiro atoms. The van der Waals surface area contributed by atoms with Crippen molar-refractivity contribution in [2.24, 2.45) is 0 Å². The van der Waals surface area contributed by atoms with Gasteiger partial charge in [0.15, 0.2) is 0 Å². The summed E-state index contributed by atoms with van der Waals surface area (Å²) in [5.41, 5.74) is 0.916. The van der Waals surface area contributed by atoms with E-state index in [2.05, 4.69) is 5.32 Å². The number of hydrogen-bond acceptors (Lipinski definition) is 4. The molecular formula is C30H37N3O4S. The molecule has 0 aliphatic carbocycles. The first-order valence-corrected chi connectivity index (χ1v) is 14.2. The molecule has 0 unspecified atom stereocenters. The maximum atomic E-state index is 13.9. The van der Waals surface area contributed by atoms with Crippen molar-refractivity contribution in [2.45, 2.75) is 57.0 Å². The highest BCUT2D eigenvalue weighted by molar-refractivity contribution is 7.92. The quantitative estimate of drug-likeness (QED) is 0.387. The average Bonchev–Trinajstić information content (AvgIpc) is 2.90. The molecule has 2 amide bonds. The molecule has 0 saturated heterocycles. The molecule has 202 valence electrons. The van der Waals surface area contributed by atoms with E-state index in [1.165, 1.54) is 17.0 Å². The molecule has 0 fully saturated rings. The van der Waals surface area contributed by atoms with Crippen LogP contribution < -0.4 is 9.62 Å². The van der Waals surface area contributed by atoms with Crippen LogP contribution in [0.15, 0.2) is 95.9 Å². The van der Waals surface area contributed by atoms with Crippen LogP contribution in [0.2, 0.25) is 0 Å². The van der Waals surface area contributed by atoms with Crippen LogP contribution >= 0.6 is 0 Å². The first-order chi connectivity index (χ1) is 18.0. The molecule has 3 rings (SSSR count). The lowest BCUT2D eigenvalue weighted by atomic mass is 10.1. The van der Waals surface area contributed by atoms with E-state index in [9.17, 15) is 18.0 Å². The number of anilines is 1. The lowest BCUT2D eigenvalue weighted by Gasteiger charge is -2.34. The molecular weight excluding hydrogens is 498 g/mol. The second-order valence-electron chi connectivity index (χ2n) is 10.1. The van der Waals surface area contributed by atoms with Gasteiger partial charge < -0.3 is 10.2 Å². The minimum Gasteiger partial charge on any atom is -0.350 e. The Hall–Kier alpha value is -3.65. The van der Waals surface area contributed by atoms with Crippen LogP contribution in [-0.4, -0.2) is 49.8 Å². The topological polar surface area (TPSA) is 86.8 Å². The Bertz CT molecular complexity index is 1290. The molecule has 0 aliphatic heterocycles. The molecule has 3 aromatic carbocycles. The number of para-hydroxylation sites is 1. The summed E-state index contributed by atoms with van der Waals surface area (Å²) >= 11 is 0. The van der Waals surface area contributed by atoms with Gasteiger partial charge in [-0.3, -0.25) is 13.9 Å². The first-order valence-electron chi connectivity index (χ1n) is 12.8. The predicted octanol–water partition coefficient (Wildman–Crippen LogP) is 4.65. The second-order valence-corrected chi connectivity index (χ2v) is 12.0. The van der Waals surface area contributed by atoms with E-state index < -0.39 is 34.1 Å². The predicted molar refractivity (Wildman–Crippen MR) is 151 cm³/mol. The molecule has 0 bridgehead atoms. The number of benzene rings is 3. The van der Waals surface area contributed by atoms with Gasteiger partial charge in [-0.05, 0) is 63.4 Å². The van der Waals surface area contributed by atoms with Crippen LogP contribution in [0.1, 0.15) is 39.7 Å². The Morgan fingerprint density at radius 2 is 1.37 bits per heavy atom. The maximum Gasteiger partial charge on any atom is 0.264 e. The largest absolute Gasteiger partial charge is 0.350 e. The number of nitrogens with one attached hydrogen (secondary N) is 1. The highest BCUT2D eigenvalue weighted by atomic mass is 32.2. The van der Waals surface area contributed by atoms with Crippen LogP contribution in [-0.2, 0) is 26.0 Å². The van der Waals surface area contributed by atoms with Crippen molar-refractivity contribution in [3.05, 3.63) is 96.6 Å². The highest BCUT2D eigenvalue weighted by Gasteiger charge is 2.34. The number of amides is 2. The van der Waals surface area contributed by atoms with Gasteiger partial charge in [-0.25, -0.2) is 8.42 Å². The van der Waals surface area contributed by atoms with Crippen molar-refractivity contribution in [3.8, 4) is 0 Å². The number of nitrogens with zero attached hydrogens (tertiary/aromatic N) is 2. The average molecular weight is 536 g/mol. The van der Waals surface area contributed by atoms with E-state index in [4.69, 9.17) is 0 Å². The van der Waals surface area contributed by atoms with Crippen molar-refractivity contribution < 1.29 is 18.0 Å². The van der Waals surface area contributed by atoms with Crippen molar-refractivity contribution in [2.75, 3.05) is 17.4 Å². The molecule has 1 N–H and O–H groups in total. The number of carbonyl (C=O) groups is 2. The molecule has 0 aliphatic rings. The third-order valence-corrected chi connectivity index (χ3v) is 7.81. The lowest BCUT2D eigenvalue weighted by molar-refractivity contribution is -0.140. The van der Waals surface area contributed by atoms with Crippen LogP contribution in [0.4, 0.5) is 5.69 Å². The molecule has 7 nitrogen and oxygen atoms in total. The number of carbonyl (C=O) groups excluding carboxylic acids is 2. The van der Waals surface area contributed by atoms with E-state index >= 15 is 0 Å². The minimum absolute atomic E-state index is 0.0880. The monoisotopic (exact) mass is 535 g/mol. The van der Waals surface area contributed by atoms with E-state index in [-0.39, 0.29) is 17.3 Å². The maximum absolute atomic E-state index is 13.9. The molecule has 1 atom stereocenters. The van der Waals surface area contributed by atoms with E-state index in [0.717, 1.165) is 9.87 Å². The first kappa shape index (κ1) is 28.9. The van der Waals surface area contributed by atoms with Crippen molar-refractivity contribution in [1.82, 2.24) is 10.2 Å². The van der Waals surface area contributed by atoms with Crippen molar-refractivity contribution in [1.29, 1.82) is 0 Å². The zero-order chi connectivity index (χ0) is 27.8. The summed E-state index contributed by atoms with van der Waals surface area (Å²) in [6.45, 7) is 7.35. The molecule has 0 saturated carbocycles. The van der Waals surface area contributed by atoms with E-state index in [1.54, 1.807) is 48.5 Å². The molecule has 8 heteroatoms. The molecule has 0 aromatic heterocycles. The summed E-state index contributed by atoms with van der Waals surface area (Å²) in [6, 6.07) is 25.6. The van der Waals surface area contributed by atoms with E-state index in [0.29, 0.717) is 18.5 Å². The summed E-state index contributed by atoms with van der Waals surface area (Å²) in [7, 11) is -4.05. The van der Waals surface area contributed by atoms with Gasteiger partial charge in [0.2, 0.25) is 11.8 Å². The van der Waals surface area contributed by atoms with Gasteiger partial charge in [0.1, 0.15) is 12.6 Å². The second kappa shape index (κ2) is 12.7. The fourth-order valence-corrected chi connectivity index (χ4v) is 5.63. The molecule has 0 heterocycles. The van der Waals surface area contributed by atoms with Gasteiger partial charge in [-0.15, -0.1) is 0 Å². The van der Waals surface area contributed by atoms with Gasteiger partial charge in [0, 0.05) is 12.1 Å². The van der Waals surface area contributed by atoms with Crippen LogP contribution in [0.5, 0.6) is 0 Å². The third kappa shape index (κ3) is 7.68. The Balaban J connectivity index is 1.98. The van der Waals surface area contributed by atoms with Gasteiger partial charge in [0.05, 0.1) is 10.6 Å². The highest BCUT2D eigenvalue weighted by Crippen LogP contribution is 2.24. The summed E-state index contributed by atoms with van der Waals surface area (Å²) in [5, 5.41) is 2.98. The van der Waals surface area contributed by atoms with Crippen LogP contribution in [0.25, 0.3) is 0 Å². The summed E-state index contributed by atoms with van der Waals surface area (Å²) in [5.74, 6) is -0.709. The number of hydrogen-bond donors (Lipinski definition) is 1. The van der Waals surface area contributed by atoms with Crippen LogP contribution in [0, 0.1) is 0 Å². The summed E-state index contributed by atoms with van der Waals surface area (Å²) in [4.78, 5) is 28.8. The molecule has 38 heavy (non-hydrogen) atoms. The zero-order valence-corrected chi connectivity index (χ0v) is 23.3. The SMILES string of the molecule is CC[C@@H](C(=O)NC(C)(C)C)N(CCc1ccccc1)C(=O)CN(c1ccccc1)S(=O)(=O)c1ccccc1. The Labute approximate surface area is 226 Å². The minimum atomic E-state index is -4.05. The van der Waals surface area contributed by atoms with E-state index in [1.807, 2.05) is 58.0 Å². The van der Waals surface area contributed by atoms with Gasteiger partial charge >= 0.3 is 0 Å². The fourth-order valence-electron chi connectivity index (χ4n) is 4.19. The Kier molecular flexibility index (Phi) is 9.69. The molecule has 3 aromatic rings. The van der Waals surface area contributed by atoms with Gasteiger partial charge in [-0.2, -0.15) is 0 Å². The van der Waals surface area contributed by atoms with Crippen molar-refractivity contribution >= 4 is 27.5 Å². The zero-order valence-electron chi connectivity index (χ0n) is 22.5. The van der Waals surface area contributed by atoms with Gasteiger partial charge in [0.25, 0.3) is 10.0 Å². The number of sulfonamides is 1. The number of rotatable bonds is 11. The molecule has 0 radical (unpaired) electrons.